The van der Waals surface area contributed by atoms with Gasteiger partial charge in [-0.3, -0.25) is 4.79 Å². The first-order chi connectivity index (χ1) is 10.0. The van der Waals surface area contributed by atoms with E-state index in [0.717, 1.165) is 11.3 Å². The van der Waals surface area contributed by atoms with Crippen LogP contribution in [0.25, 0.3) is 0 Å². The molecule has 0 aliphatic heterocycles. The Balaban J connectivity index is 2.32. The van der Waals surface area contributed by atoms with E-state index in [1.165, 1.54) is 20.3 Å². The predicted octanol–water partition coefficient (Wildman–Crippen LogP) is 3.45. The van der Waals surface area contributed by atoms with Gasteiger partial charge in [-0.2, -0.15) is 0 Å². The summed E-state index contributed by atoms with van der Waals surface area (Å²) in [6.45, 7) is 0. The Bertz CT molecular complexity index is 683. The van der Waals surface area contributed by atoms with Crippen molar-refractivity contribution in [2.75, 3.05) is 19.5 Å². The second-order valence-corrected chi connectivity index (χ2v) is 5.68. The molecule has 0 unspecified atom stereocenters. The highest BCUT2D eigenvalue weighted by atomic mass is 35.5. The Morgan fingerprint density at radius 3 is 2.52 bits per heavy atom. The molecule has 2 aromatic rings. The van der Waals surface area contributed by atoms with Gasteiger partial charge in [0, 0.05) is 6.07 Å². The van der Waals surface area contributed by atoms with Crippen LogP contribution in [0.3, 0.4) is 0 Å². The van der Waals surface area contributed by atoms with Crippen LogP contribution in [-0.2, 0) is 4.74 Å². The van der Waals surface area contributed by atoms with Crippen molar-refractivity contribution in [3.05, 3.63) is 45.1 Å². The van der Waals surface area contributed by atoms with Crippen LogP contribution < -0.4 is 10.1 Å². The number of carbonyl (C=O) groups excluding carboxylic acids is 2. The average Bonchev–Trinajstić information content (AvgIpc) is 2.93. The average molecular weight is 326 g/mol. The molecule has 0 spiro atoms. The molecule has 21 heavy (non-hydrogen) atoms. The van der Waals surface area contributed by atoms with Gasteiger partial charge in [0.15, 0.2) is 0 Å². The van der Waals surface area contributed by atoms with Crippen molar-refractivity contribution in [2.24, 2.45) is 0 Å². The SMILES string of the molecule is COC(=O)c1ccc(OC)cc1NC(=O)c1ccc(Cl)s1. The summed E-state index contributed by atoms with van der Waals surface area (Å²) in [7, 11) is 2.77. The number of hydrogen-bond acceptors (Lipinski definition) is 5. The number of methoxy groups -OCH3 is 2. The highest BCUT2D eigenvalue weighted by Crippen LogP contribution is 2.26. The van der Waals surface area contributed by atoms with E-state index in [1.54, 1.807) is 24.3 Å². The van der Waals surface area contributed by atoms with Crippen molar-refractivity contribution < 1.29 is 19.1 Å². The third-order valence-corrected chi connectivity index (χ3v) is 3.91. The second-order valence-electron chi connectivity index (χ2n) is 3.96. The van der Waals surface area contributed by atoms with Crippen molar-refractivity contribution in [3.63, 3.8) is 0 Å². The van der Waals surface area contributed by atoms with Gasteiger partial charge in [0.25, 0.3) is 5.91 Å². The number of ether oxygens (including phenoxy) is 2. The first-order valence-corrected chi connectivity index (χ1v) is 7.07. The topological polar surface area (TPSA) is 64.6 Å². The maximum Gasteiger partial charge on any atom is 0.339 e. The Labute approximate surface area is 130 Å². The molecule has 0 saturated heterocycles. The number of nitrogens with one attached hydrogen (secondary N) is 1. The van der Waals surface area contributed by atoms with Crippen LogP contribution in [-0.4, -0.2) is 26.1 Å². The number of hydrogen-bond donors (Lipinski definition) is 1. The van der Waals surface area contributed by atoms with Crippen LogP contribution in [0, 0.1) is 0 Å². The van der Waals surface area contributed by atoms with Crippen LogP contribution >= 0.6 is 22.9 Å². The highest BCUT2D eigenvalue weighted by Gasteiger charge is 2.16. The molecule has 1 heterocycles. The van der Waals surface area contributed by atoms with E-state index < -0.39 is 5.97 Å². The fraction of sp³-hybridized carbons (Fsp3) is 0.143. The third-order valence-electron chi connectivity index (χ3n) is 2.68. The lowest BCUT2D eigenvalue weighted by molar-refractivity contribution is 0.0602. The molecule has 5 nitrogen and oxygen atoms in total. The first-order valence-electron chi connectivity index (χ1n) is 5.88. The minimum absolute atomic E-state index is 0.245. The molecular weight excluding hydrogens is 314 g/mol. The summed E-state index contributed by atoms with van der Waals surface area (Å²) in [5.74, 6) is -0.385. The maximum atomic E-state index is 12.1. The number of benzene rings is 1. The van der Waals surface area contributed by atoms with Crippen LogP contribution in [0.5, 0.6) is 5.75 Å². The maximum absolute atomic E-state index is 12.1. The van der Waals surface area contributed by atoms with Gasteiger partial charge in [-0.25, -0.2) is 4.79 Å². The standard InChI is InChI=1S/C14H12ClNO4S/c1-19-8-3-4-9(14(18)20-2)10(7-8)16-13(17)11-5-6-12(15)21-11/h3-7H,1-2H3,(H,16,17). The molecule has 0 aliphatic rings. The molecule has 2 rings (SSSR count). The summed E-state index contributed by atoms with van der Waals surface area (Å²) < 4.78 is 10.3. The lowest BCUT2D eigenvalue weighted by Crippen LogP contribution is -2.14. The number of thiophene rings is 1. The third kappa shape index (κ3) is 3.53. The van der Waals surface area contributed by atoms with Gasteiger partial charge < -0.3 is 14.8 Å². The Morgan fingerprint density at radius 2 is 1.95 bits per heavy atom. The molecule has 0 saturated carbocycles. The molecule has 1 aromatic heterocycles. The van der Waals surface area contributed by atoms with Crippen molar-refractivity contribution in [3.8, 4) is 5.75 Å². The predicted molar refractivity (Wildman–Crippen MR) is 81.6 cm³/mol. The molecule has 0 atom stereocenters. The fourth-order valence-corrected chi connectivity index (χ4v) is 2.60. The summed E-state index contributed by atoms with van der Waals surface area (Å²) in [5, 5.41) is 2.66. The normalized spacial score (nSPS) is 10.0. The lowest BCUT2D eigenvalue weighted by Gasteiger charge is -2.10. The molecule has 1 N–H and O–H groups in total. The highest BCUT2D eigenvalue weighted by molar-refractivity contribution is 7.18. The fourth-order valence-electron chi connectivity index (χ4n) is 1.66. The summed E-state index contributed by atoms with van der Waals surface area (Å²) in [6, 6.07) is 7.94. The molecule has 0 fully saturated rings. The zero-order chi connectivity index (χ0) is 15.4. The van der Waals surface area contributed by atoms with Crippen LogP contribution in [0.1, 0.15) is 20.0 Å². The lowest BCUT2D eigenvalue weighted by atomic mass is 10.1. The summed E-state index contributed by atoms with van der Waals surface area (Å²) in [4.78, 5) is 24.3. The Hall–Kier alpha value is -2.05. The number of amides is 1. The minimum Gasteiger partial charge on any atom is -0.497 e. The van der Waals surface area contributed by atoms with E-state index in [2.05, 4.69) is 5.32 Å². The van der Waals surface area contributed by atoms with Gasteiger partial charge in [0.1, 0.15) is 5.75 Å². The number of rotatable bonds is 4. The number of esters is 1. The Morgan fingerprint density at radius 1 is 1.19 bits per heavy atom. The minimum atomic E-state index is -0.544. The molecule has 0 aliphatic carbocycles. The number of halogens is 1. The van der Waals surface area contributed by atoms with E-state index >= 15 is 0 Å². The molecule has 1 amide bonds. The van der Waals surface area contributed by atoms with Gasteiger partial charge in [-0.15, -0.1) is 11.3 Å². The van der Waals surface area contributed by atoms with Crippen molar-refractivity contribution >= 4 is 40.5 Å². The molecule has 110 valence electrons. The van der Waals surface area contributed by atoms with E-state index in [4.69, 9.17) is 21.1 Å². The molecule has 1 aromatic carbocycles. The molecular formula is C14H12ClNO4S. The van der Waals surface area contributed by atoms with E-state index in [-0.39, 0.29) is 11.5 Å². The quantitative estimate of drug-likeness (QED) is 0.874. The summed E-state index contributed by atoms with van der Waals surface area (Å²) in [5.41, 5.74) is 0.560. The largest absolute Gasteiger partial charge is 0.497 e. The van der Waals surface area contributed by atoms with Gasteiger partial charge in [0.2, 0.25) is 0 Å². The smallest absolute Gasteiger partial charge is 0.339 e. The van der Waals surface area contributed by atoms with E-state index in [1.807, 2.05) is 0 Å². The second kappa shape index (κ2) is 6.60. The van der Waals surface area contributed by atoms with Crippen molar-refractivity contribution in [1.29, 1.82) is 0 Å². The van der Waals surface area contributed by atoms with Crippen LogP contribution in [0.4, 0.5) is 5.69 Å². The van der Waals surface area contributed by atoms with Crippen molar-refractivity contribution in [1.82, 2.24) is 0 Å². The zero-order valence-electron chi connectivity index (χ0n) is 11.3. The van der Waals surface area contributed by atoms with E-state index in [0.29, 0.717) is 20.7 Å². The number of carbonyl (C=O) groups is 2. The van der Waals surface area contributed by atoms with Gasteiger partial charge in [-0.1, -0.05) is 11.6 Å². The molecule has 0 radical (unpaired) electrons. The molecule has 7 heteroatoms. The van der Waals surface area contributed by atoms with Crippen LogP contribution in [0.15, 0.2) is 30.3 Å². The monoisotopic (exact) mass is 325 g/mol. The van der Waals surface area contributed by atoms with E-state index in [9.17, 15) is 9.59 Å². The molecule has 0 bridgehead atoms. The van der Waals surface area contributed by atoms with Crippen LogP contribution in [0.2, 0.25) is 4.34 Å². The zero-order valence-corrected chi connectivity index (χ0v) is 12.9. The summed E-state index contributed by atoms with van der Waals surface area (Å²) >= 11 is 6.95. The van der Waals surface area contributed by atoms with Gasteiger partial charge in [-0.05, 0) is 24.3 Å². The first kappa shape index (κ1) is 15.3. The summed E-state index contributed by atoms with van der Waals surface area (Å²) in [6.07, 6.45) is 0. The van der Waals surface area contributed by atoms with Gasteiger partial charge >= 0.3 is 5.97 Å². The van der Waals surface area contributed by atoms with Crippen molar-refractivity contribution in [2.45, 2.75) is 0 Å². The van der Waals surface area contributed by atoms with Gasteiger partial charge in [0.05, 0.1) is 34.7 Å². The number of anilines is 1. The Kier molecular flexibility index (Phi) is 4.82.